The average Bonchev–Trinajstić information content (AvgIpc) is 2.47. The zero-order valence-corrected chi connectivity index (χ0v) is 10.5. The molecule has 0 fully saturated rings. The number of aromatic nitrogens is 2. The summed E-state index contributed by atoms with van der Waals surface area (Å²) in [6, 6.07) is 10.2. The van der Waals surface area contributed by atoms with Crippen LogP contribution in [0.25, 0.3) is 0 Å². The van der Waals surface area contributed by atoms with E-state index in [1.807, 2.05) is 6.07 Å². The Kier molecular flexibility index (Phi) is 4.43. The Morgan fingerprint density at radius 1 is 1.11 bits per heavy atom. The highest BCUT2D eigenvalue weighted by atomic mass is 15.0. The molecule has 0 atom stereocenters. The largest absolute Gasteiger partial charge is 0.365 e. The molecule has 2 rings (SSSR count). The van der Waals surface area contributed by atoms with Crippen LogP contribution in [0.15, 0.2) is 36.7 Å². The topological polar surface area (TPSA) is 87.6 Å². The first-order valence-corrected chi connectivity index (χ1v) is 6.05. The minimum atomic E-state index is 0.316. The van der Waals surface area contributed by atoms with Gasteiger partial charge in [-0.1, -0.05) is 24.3 Å². The van der Waals surface area contributed by atoms with E-state index in [-0.39, 0.29) is 0 Å². The Hall–Kier alpha value is -2.45. The highest BCUT2D eigenvalue weighted by molar-refractivity contribution is 5.35. The van der Waals surface area contributed by atoms with Crippen molar-refractivity contribution in [3.63, 3.8) is 0 Å². The molecule has 1 aromatic carbocycles. The summed E-state index contributed by atoms with van der Waals surface area (Å²) < 4.78 is 0. The van der Waals surface area contributed by atoms with Crippen molar-refractivity contribution in [2.24, 2.45) is 5.73 Å². The van der Waals surface area contributed by atoms with Crippen LogP contribution in [0.5, 0.6) is 0 Å². The molecule has 2 aromatic rings. The highest BCUT2D eigenvalue weighted by Crippen LogP contribution is 2.07. The molecule has 5 heteroatoms. The van der Waals surface area contributed by atoms with Gasteiger partial charge in [-0.3, -0.25) is 0 Å². The van der Waals surface area contributed by atoms with Crippen LogP contribution >= 0.6 is 0 Å². The molecule has 0 aliphatic carbocycles. The second kappa shape index (κ2) is 6.47. The normalized spacial score (nSPS) is 9.89. The monoisotopic (exact) mass is 253 g/mol. The van der Waals surface area contributed by atoms with Gasteiger partial charge in [-0.2, -0.15) is 5.26 Å². The van der Waals surface area contributed by atoms with Crippen LogP contribution in [0.1, 0.15) is 16.8 Å². The Morgan fingerprint density at radius 3 is 2.42 bits per heavy atom. The van der Waals surface area contributed by atoms with E-state index in [9.17, 15) is 0 Å². The predicted octanol–water partition coefficient (Wildman–Crippen LogP) is 1.46. The first kappa shape index (κ1) is 13.0. The van der Waals surface area contributed by atoms with Crippen LogP contribution in [0.4, 0.5) is 5.82 Å². The summed E-state index contributed by atoms with van der Waals surface area (Å²) in [4.78, 5) is 8.05. The minimum absolute atomic E-state index is 0.316. The van der Waals surface area contributed by atoms with Gasteiger partial charge in [-0.15, -0.1) is 0 Å². The lowest BCUT2D eigenvalue weighted by molar-refractivity contribution is 0.965. The van der Waals surface area contributed by atoms with E-state index in [0.717, 1.165) is 12.0 Å². The Bertz CT molecular complexity index is 554. The van der Waals surface area contributed by atoms with E-state index in [2.05, 4.69) is 39.6 Å². The van der Waals surface area contributed by atoms with Gasteiger partial charge in [0.25, 0.3) is 0 Å². The molecule has 0 saturated heterocycles. The van der Waals surface area contributed by atoms with Gasteiger partial charge in [0.2, 0.25) is 0 Å². The van der Waals surface area contributed by atoms with Gasteiger partial charge in [0.05, 0.1) is 12.4 Å². The van der Waals surface area contributed by atoms with Gasteiger partial charge in [0.15, 0.2) is 5.69 Å². The fourth-order valence-corrected chi connectivity index (χ4v) is 1.66. The van der Waals surface area contributed by atoms with Gasteiger partial charge in [0.1, 0.15) is 11.9 Å². The molecule has 1 heterocycles. The molecule has 0 unspecified atom stereocenters. The molecule has 0 aliphatic rings. The van der Waals surface area contributed by atoms with Crippen LogP contribution in [0.2, 0.25) is 0 Å². The minimum Gasteiger partial charge on any atom is -0.365 e. The molecular formula is C14H15N5. The maximum absolute atomic E-state index is 8.62. The fraction of sp³-hybridized carbons (Fsp3) is 0.214. The predicted molar refractivity (Wildman–Crippen MR) is 73.3 cm³/mol. The Morgan fingerprint density at radius 2 is 1.84 bits per heavy atom. The number of nitriles is 1. The van der Waals surface area contributed by atoms with Crippen molar-refractivity contribution in [2.45, 2.75) is 13.0 Å². The Labute approximate surface area is 112 Å². The zero-order valence-electron chi connectivity index (χ0n) is 10.5. The van der Waals surface area contributed by atoms with Crippen molar-refractivity contribution in [1.82, 2.24) is 9.97 Å². The number of nitrogens with one attached hydrogen (secondary N) is 1. The van der Waals surface area contributed by atoms with Gasteiger partial charge in [0, 0.05) is 6.54 Å². The Balaban J connectivity index is 1.92. The van der Waals surface area contributed by atoms with Crippen molar-refractivity contribution in [3.05, 3.63) is 53.5 Å². The molecule has 0 saturated carbocycles. The standard InChI is InChI=1S/C14H15N5/c15-6-5-11-1-3-12(4-2-11)8-18-14-10-17-13(7-16)9-19-14/h1-4,9-10H,5-6,8,15H2,(H,18,19). The van der Waals surface area contributed by atoms with E-state index in [1.54, 1.807) is 6.20 Å². The van der Waals surface area contributed by atoms with Crippen molar-refractivity contribution in [3.8, 4) is 6.07 Å². The maximum Gasteiger partial charge on any atom is 0.158 e. The number of hydrogen-bond acceptors (Lipinski definition) is 5. The fourth-order valence-electron chi connectivity index (χ4n) is 1.66. The van der Waals surface area contributed by atoms with E-state index in [4.69, 9.17) is 11.0 Å². The zero-order chi connectivity index (χ0) is 13.5. The van der Waals surface area contributed by atoms with Crippen molar-refractivity contribution < 1.29 is 0 Å². The van der Waals surface area contributed by atoms with Gasteiger partial charge < -0.3 is 11.1 Å². The van der Waals surface area contributed by atoms with Crippen LogP contribution in [-0.4, -0.2) is 16.5 Å². The molecule has 0 bridgehead atoms. The molecule has 0 radical (unpaired) electrons. The van der Waals surface area contributed by atoms with E-state index >= 15 is 0 Å². The third-order valence-corrected chi connectivity index (χ3v) is 2.70. The summed E-state index contributed by atoms with van der Waals surface area (Å²) in [6.07, 6.45) is 3.91. The molecular weight excluding hydrogens is 238 g/mol. The molecule has 19 heavy (non-hydrogen) atoms. The average molecular weight is 253 g/mol. The van der Waals surface area contributed by atoms with Crippen LogP contribution in [0.3, 0.4) is 0 Å². The number of rotatable bonds is 5. The van der Waals surface area contributed by atoms with E-state index in [0.29, 0.717) is 24.6 Å². The molecule has 3 N–H and O–H groups in total. The number of benzene rings is 1. The number of hydrogen-bond donors (Lipinski definition) is 2. The number of nitrogens with two attached hydrogens (primary N) is 1. The summed E-state index contributed by atoms with van der Waals surface area (Å²) in [6.45, 7) is 1.34. The van der Waals surface area contributed by atoms with Crippen LogP contribution in [0, 0.1) is 11.3 Å². The van der Waals surface area contributed by atoms with Gasteiger partial charge in [-0.05, 0) is 24.1 Å². The lowest BCUT2D eigenvalue weighted by Crippen LogP contribution is -2.04. The van der Waals surface area contributed by atoms with Gasteiger partial charge in [-0.25, -0.2) is 9.97 Å². The second-order valence-corrected chi connectivity index (χ2v) is 4.11. The SMILES string of the molecule is N#Cc1cnc(NCc2ccc(CCN)cc2)cn1. The summed E-state index contributed by atoms with van der Waals surface area (Å²) in [7, 11) is 0. The smallest absolute Gasteiger partial charge is 0.158 e. The lowest BCUT2D eigenvalue weighted by Gasteiger charge is -2.06. The molecule has 1 aromatic heterocycles. The highest BCUT2D eigenvalue weighted by Gasteiger charge is 1.98. The van der Waals surface area contributed by atoms with E-state index < -0.39 is 0 Å². The second-order valence-electron chi connectivity index (χ2n) is 4.11. The molecule has 5 nitrogen and oxygen atoms in total. The third-order valence-electron chi connectivity index (χ3n) is 2.70. The van der Waals surface area contributed by atoms with Crippen LogP contribution in [-0.2, 0) is 13.0 Å². The van der Waals surface area contributed by atoms with Crippen molar-refractivity contribution in [1.29, 1.82) is 5.26 Å². The number of nitrogens with zero attached hydrogens (tertiary/aromatic N) is 3. The maximum atomic E-state index is 8.62. The molecule has 0 aliphatic heterocycles. The number of anilines is 1. The molecule has 0 amide bonds. The van der Waals surface area contributed by atoms with Crippen molar-refractivity contribution >= 4 is 5.82 Å². The van der Waals surface area contributed by atoms with Crippen molar-refractivity contribution in [2.75, 3.05) is 11.9 Å². The first-order chi connectivity index (χ1) is 9.31. The summed E-state index contributed by atoms with van der Waals surface area (Å²) >= 11 is 0. The summed E-state index contributed by atoms with van der Waals surface area (Å²) in [5, 5.41) is 11.8. The molecule has 0 spiro atoms. The quantitative estimate of drug-likeness (QED) is 0.842. The van der Waals surface area contributed by atoms with E-state index in [1.165, 1.54) is 11.8 Å². The summed E-state index contributed by atoms with van der Waals surface area (Å²) in [5.41, 5.74) is 8.22. The van der Waals surface area contributed by atoms with Crippen LogP contribution < -0.4 is 11.1 Å². The lowest BCUT2D eigenvalue weighted by atomic mass is 10.1. The van der Waals surface area contributed by atoms with Gasteiger partial charge >= 0.3 is 0 Å². The first-order valence-electron chi connectivity index (χ1n) is 6.05. The molecule has 96 valence electrons. The summed E-state index contributed by atoms with van der Waals surface area (Å²) in [5.74, 6) is 0.657. The third kappa shape index (κ3) is 3.76.